The first kappa shape index (κ1) is 7.93. The monoisotopic (exact) mass is 171 g/mol. The summed E-state index contributed by atoms with van der Waals surface area (Å²) in [5.74, 6) is 2.45. The van der Waals surface area contributed by atoms with E-state index in [4.69, 9.17) is 0 Å². The molecule has 2 aliphatic rings. The van der Waals surface area contributed by atoms with Crippen LogP contribution in [-0.4, -0.2) is 35.0 Å². The summed E-state index contributed by atoms with van der Waals surface area (Å²) in [5, 5.41) is 0.984. The minimum Gasteiger partial charge on any atom is -0.300 e. The molecule has 2 unspecified atom stereocenters. The van der Waals surface area contributed by atoms with Crippen molar-refractivity contribution in [2.24, 2.45) is 5.92 Å². The van der Waals surface area contributed by atoms with Gasteiger partial charge in [-0.2, -0.15) is 11.8 Å². The molecular formula is C9H17NS. The Kier molecular flexibility index (Phi) is 2.15. The summed E-state index contributed by atoms with van der Waals surface area (Å²) in [6.45, 7) is 7.35. The van der Waals surface area contributed by atoms with Crippen molar-refractivity contribution in [1.29, 1.82) is 0 Å². The number of hydrogen-bond donors (Lipinski definition) is 0. The fourth-order valence-electron chi connectivity index (χ4n) is 2.13. The summed E-state index contributed by atoms with van der Waals surface area (Å²) in [6, 6.07) is 0.765. The van der Waals surface area contributed by atoms with Crippen LogP contribution in [0.1, 0.15) is 20.3 Å². The van der Waals surface area contributed by atoms with E-state index >= 15 is 0 Å². The molecule has 2 fully saturated rings. The molecule has 0 saturated carbocycles. The molecule has 2 heteroatoms. The fraction of sp³-hybridized carbons (Fsp3) is 1.00. The quantitative estimate of drug-likeness (QED) is 0.592. The third-order valence-electron chi connectivity index (χ3n) is 2.96. The van der Waals surface area contributed by atoms with Crippen molar-refractivity contribution in [1.82, 2.24) is 4.90 Å². The molecule has 0 aliphatic carbocycles. The van der Waals surface area contributed by atoms with Gasteiger partial charge in [-0.1, -0.05) is 0 Å². The Bertz CT molecular complexity index is 134. The number of thioether (sulfide) groups is 1. The summed E-state index contributed by atoms with van der Waals surface area (Å²) in [5.41, 5.74) is 0. The highest BCUT2D eigenvalue weighted by atomic mass is 32.2. The molecule has 0 bridgehead atoms. The predicted molar refractivity (Wildman–Crippen MR) is 51.1 cm³/mol. The van der Waals surface area contributed by atoms with Gasteiger partial charge in [0.15, 0.2) is 0 Å². The van der Waals surface area contributed by atoms with E-state index in [1.54, 1.807) is 0 Å². The van der Waals surface area contributed by atoms with Gasteiger partial charge in [-0.05, 0) is 31.9 Å². The Balaban J connectivity index is 1.94. The Labute approximate surface area is 73.5 Å². The Morgan fingerprint density at radius 2 is 2.18 bits per heavy atom. The third-order valence-corrected chi connectivity index (χ3v) is 4.39. The smallest absolute Gasteiger partial charge is 0.0215 e. The lowest BCUT2D eigenvalue weighted by molar-refractivity contribution is 0.264. The topological polar surface area (TPSA) is 3.24 Å². The average molecular weight is 171 g/mol. The van der Waals surface area contributed by atoms with Gasteiger partial charge in [-0.15, -0.1) is 0 Å². The second-order valence-corrected chi connectivity index (χ2v) is 5.35. The van der Waals surface area contributed by atoms with E-state index < -0.39 is 0 Å². The Morgan fingerprint density at radius 3 is 2.82 bits per heavy atom. The number of hydrogen-bond acceptors (Lipinski definition) is 2. The minimum absolute atomic E-state index is 0.765. The highest BCUT2D eigenvalue weighted by Gasteiger charge is 2.37. The maximum atomic E-state index is 2.63. The van der Waals surface area contributed by atoms with E-state index in [1.165, 1.54) is 25.3 Å². The van der Waals surface area contributed by atoms with Crippen LogP contribution >= 0.6 is 11.8 Å². The van der Waals surface area contributed by atoms with Gasteiger partial charge < -0.3 is 0 Å². The zero-order valence-corrected chi connectivity index (χ0v) is 8.23. The molecule has 11 heavy (non-hydrogen) atoms. The number of rotatable bonds is 1. The molecule has 0 aromatic heterocycles. The van der Waals surface area contributed by atoms with Gasteiger partial charge >= 0.3 is 0 Å². The van der Waals surface area contributed by atoms with Crippen molar-refractivity contribution in [3.63, 3.8) is 0 Å². The van der Waals surface area contributed by atoms with E-state index in [0.717, 1.165) is 17.2 Å². The summed E-state index contributed by atoms with van der Waals surface area (Å²) in [6.07, 6.45) is 1.47. The molecule has 0 N–H and O–H groups in total. The molecule has 1 nitrogen and oxygen atoms in total. The first-order valence-corrected chi connectivity index (χ1v) is 5.68. The average Bonchev–Trinajstić information content (AvgIpc) is 2.40. The lowest BCUT2D eigenvalue weighted by Gasteiger charge is -2.20. The molecular weight excluding hydrogens is 154 g/mol. The summed E-state index contributed by atoms with van der Waals surface area (Å²) in [4.78, 5) is 2.63. The van der Waals surface area contributed by atoms with Crippen molar-refractivity contribution >= 4 is 11.8 Å². The van der Waals surface area contributed by atoms with Gasteiger partial charge in [-0.3, -0.25) is 4.90 Å². The summed E-state index contributed by atoms with van der Waals surface area (Å²) < 4.78 is 0. The van der Waals surface area contributed by atoms with Crippen molar-refractivity contribution in [3.8, 4) is 0 Å². The van der Waals surface area contributed by atoms with Crippen LogP contribution in [-0.2, 0) is 0 Å². The maximum Gasteiger partial charge on any atom is 0.0215 e. The van der Waals surface area contributed by atoms with Gasteiger partial charge in [0, 0.05) is 24.4 Å². The third kappa shape index (κ3) is 1.43. The van der Waals surface area contributed by atoms with Crippen molar-refractivity contribution in [2.75, 3.05) is 18.8 Å². The van der Waals surface area contributed by atoms with E-state index in [2.05, 4.69) is 30.5 Å². The zero-order chi connectivity index (χ0) is 7.84. The highest BCUT2D eigenvalue weighted by molar-refractivity contribution is 8.00. The van der Waals surface area contributed by atoms with E-state index in [-0.39, 0.29) is 0 Å². The molecule has 0 amide bonds. The number of nitrogens with zero attached hydrogens (tertiary/aromatic N) is 1. The summed E-state index contributed by atoms with van der Waals surface area (Å²) in [7, 11) is 0. The lowest BCUT2D eigenvalue weighted by Crippen LogP contribution is -2.29. The molecule has 64 valence electrons. The van der Waals surface area contributed by atoms with Crippen LogP contribution in [0, 0.1) is 5.92 Å². The number of fused-ring (bicyclic) bond motifs is 1. The van der Waals surface area contributed by atoms with Gasteiger partial charge in [0.1, 0.15) is 0 Å². The molecule has 2 atom stereocenters. The van der Waals surface area contributed by atoms with E-state index in [1.807, 2.05) is 0 Å². The van der Waals surface area contributed by atoms with Gasteiger partial charge in [0.25, 0.3) is 0 Å². The van der Waals surface area contributed by atoms with Crippen LogP contribution in [0.4, 0.5) is 0 Å². The highest BCUT2D eigenvalue weighted by Crippen LogP contribution is 2.38. The van der Waals surface area contributed by atoms with Crippen LogP contribution < -0.4 is 0 Å². The standard InChI is InChI=1S/C9H17NS/c1-7(2)10-5-8-3-4-11-9(8)6-10/h7-9H,3-6H2,1-2H3. The normalized spacial score (nSPS) is 38.5. The van der Waals surface area contributed by atoms with Crippen LogP contribution in [0.15, 0.2) is 0 Å². The predicted octanol–water partition coefficient (Wildman–Crippen LogP) is 1.83. The molecule has 2 rings (SSSR count). The van der Waals surface area contributed by atoms with Crippen molar-refractivity contribution < 1.29 is 0 Å². The summed E-state index contributed by atoms with van der Waals surface area (Å²) >= 11 is 2.19. The van der Waals surface area contributed by atoms with Gasteiger partial charge in [0.05, 0.1) is 0 Å². The second-order valence-electron chi connectivity index (χ2n) is 4.01. The maximum absolute atomic E-state index is 2.63. The molecule has 2 aliphatic heterocycles. The van der Waals surface area contributed by atoms with Crippen LogP contribution in [0.25, 0.3) is 0 Å². The largest absolute Gasteiger partial charge is 0.300 e. The SMILES string of the molecule is CC(C)N1CC2CCSC2C1. The molecule has 0 radical (unpaired) electrons. The minimum atomic E-state index is 0.765. The van der Waals surface area contributed by atoms with Crippen LogP contribution in [0.3, 0.4) is 0 Å². The number of likely N-dealkylation sites (tertiary alicyclic amines) is 1. The van der Waals surface area contributed by atoms with E-state index in [9.17, 15) is 0 Å². The van der Waals surface area contributed by atoms with Gasteiger partial charge in [0.2, 0.25) is 0 Å². The first-order valence-electron chi connectivity index (χ1n) is 4.63. The van der Waals surface area contributed by atoms with Crippen LogP contribution in [0.2, 0.25) is 0 Å². The van der Waals surface area contributed by atoms with E-state index in [0.29, 0.717) is 0 Å². The second kappa shape index (κ2) is 2.98. The fourth-order valence-corrected chi connectivity index (χ4v) is 3.66. The molecule has 2 saturated heterocycles. The van der Waals surface area contributed by atoms with Crippen molar-refractivity contribution in [3.05, 3.63) is 0 Å². The molecule has 0 aromatic carbocycles. The molecule has 0 aromatic rings. The Hall–Kier alpha value is 0.310. The molecule has 2 heterocycles. The lowest BCUT2D eigenvalue weighted by atomic mass is 10.1. The van der Waals surface area contributed by atoms with Crippen molar-refractivity contribution in [2.45, 2.75) is 31.6 Å². The molecule has 0 spiro atoms. The zero-order valence-electron chi connectivity index (χ0n) is 7.42. The Morgan fingerprint density at radius 1 is 1.36 bits per heavy atom. The van der Waals surface area contributed by atoms with Crippen LogP contribution in [0.5, 0.6) is 0 Å². The van der Waals surface area contributed by atoms with Gasteiger partial charge in [-0.25, -0.2) is 0 Å². The first-order chi connectivity index (χ1) is 5.27.